The molecule has 1 aliphatic rings. The number of hydrogen-bond acceptors (Lipinski definition) is 4. The topological polar surface area (TPSA) is 75.4 Å². The maximum Gasteiger partial charge on any atom is 0.229 e. The zero-order chi connectivity index (χ0) is 13.1. The lowest BCUT2D eigenvalue weighted by Crippen LogP contribution is -2.33. The van der Waals surface area contributed by atoms with E-state index in [9.17, 15) is 9.90 Å². The molecule has 0 spiro atoms. The molecule has 2 atom stereocenters. The van der Waals surface area contributed by atoms with Crippen LogP contribution in [0, 0.1) is 12.8 Å². The zero-order valence-electron chi connectivity index (χ0n) is 10.3. The predicted octanol–water partition coefficient (Wildman–Crippen LogP) is 1.46. The highest BCUT2D eigenvalue weighted by molar-refractivity contribution is 6.29. The van der Waals surface area contributed by atoms with E-state index in [1.807, 2.05) is 0 Å². The van der Waals surface area contributed by atoms with E-state index in [4.69, 9.17) is 16.1 Å². The summed E-state index contributed by atoms with van der Waals surface area (Å²) in [6, 6.07) is 0. The minimum Gasteiger partial charge on any atom is -0.393 e. The van der Waals surface area contributed by atoms with Crippen molar-refractivity contribution in [3.8, 4) is 0 Å². The molecular formula is C12H17ClN2O3. The van der Waals surface area contributed by atoms with Crippen molar-refractivity contribution in [3.05, 3.63) is 16.5 Å². The Morgan fingerprint density at radius 3 is 2.94 bits per heavy atom. The van der Waals surface area contributed by atoms with Gasteiger partial charge in [0.05, 0.1) is 18.2 Å². The van der Waals surface area contributed by atoms with Crippen LogP contribution in [0.2, 0.25) is 5.22 Å². The average molecular weight is 273 g/mol. The van der Waals surface area contributed by atoms with Crippen molar-refractivity contribution in [1.29, 1.82) is 0 Å². The summed E-state index contributed by atoms with van der Waals surface area (Å²) in [5.41, 5.74) is 1.26. The quantitative estimate of drug-likeness (QED) is 0.870. The number of carbonyl (C=O) groups excluding carboxylic acids is 1. The molecule has 0 aromatic carbocycles. The first-order valence-electron chi connectivity index (χ1n) is 6.13. The smallest absolute Gasteiger partial charge is 0.229 e. The van der Waals surface area contributed by atoms with Gasteiger partial charge in [0.1, 0.15) is 0 Å². The van der Waals surface area contributed by atoms with E-state index in [0.29, 0.717) is 17.8 Å². The van der Waals surface area contributed by atoms with Gasteiger partial charge in [-0.2, -0.15) is 0 Å². The summed E-state index contributed by atoms with van der Waals surface area (Å²) < 4.78 is 4.79. The molecule has 0 bridgehead atoms. The number of aryl methyl sites for hydroxylation is 1. The SMILES string of the molecule is Cc1noc(Cl)c1CC(=O)NCC1CCCC1O. The van der Waals surface area contributed by atoms with Crippen molar-refractivity contribution >= 4 is 17.5 Å². The molecule has 1 aromatic heterocycles. The maximum atomic E-state index is 11.8. The maximum absolute atomic E-state index is 11.8. The summed E-state index contributed by atoms with van der Waals surface area (Å²) in [7, 11) is 0. The highest BCUT2D eigenvalue weighted by Crippen LogP contribution is 2.24. The molecule has 1 fully saturated rings. The van der Waals surface area contributed by atoms with Crippen LogP contribution in [0.25, 0.3) is 0 Å². The van der Waals surface area contributed by atoms with E-state index in [1.54, 1.807) is 6.92 Å². The molecule has 0 saturated heterocycles. The Morgan fingerprint density at radius 1 is 1.61 bits per heavy atom. The Hall–Kier alpha value is -1.07. The first kappa shape index (κ1) is 13.4. The van der Waals surface area contributed by atoms with Gasteiger partial charge in [-0.1, -0.05) is 11.6 Å². The molecule has 0 aliphatic heterocycles. The molecule has 2 N–H and O–H groups in total. The molecule has 2 unspecified atom stereocenters. The number of halogens is 1. The summed E-state index contributed by atoms with van der Waals surface area (Å²) >= 11 is 5.79. The molecule has 2 rings (SSSR count). The third-order valence-electron chi connectivity index (χ3n) is 3.45. The fourth-order valence-corrected chi connectivity index (χ4v) is 2.52. The minimum atomic E-state index is -0.286. The van der Waals surface area contributed by atoms with Crippen molar-refractivity contribution in [3.63, 3.8) is 0 Å². The van der Waals surface area contributed by atoms with Crippen LogP contribution in [0.3, 0.4) is 0 Å². The van der Waals surface area contributed by atoms with Crippen molar-refractivity contribution < 1.29 is 14.4 Å². The van der Waals surface area contributed by atoms with Crippen LogP contribution in [-0.2, 0) is 11.2 Å². The van der Waals surface area contributed by atoms with Crippen LogP contribution in [0.5, 0.6) is 0 Å². The van der Waals surface area contributed by atoms with Gasteiger partial charge in [-0.25, -0.2) is 0 Å². The van der Waals surface area contributed by atoms with Crippen LogP contribution < -0.4 is 5.32 Å². The number of aliphatic hydroxyl groups is 1. The Labute approximate surface area is 110 Å². The lowest BCUT2D eigenvalue weighted by molar-refractivity contribution is -0.120. The van der Waals surface area contributed by atoms with Gasteiger partial charge in [0.25, 0.3) is 0 Å². The molecular weight excluding hydrogens is 256 g/mol. The summed E-state index contributed by atoms with van der Waals surface area (Å²) in [6.45, 7) is 2.26. The van der Waals surface area contributed by atoms with Crippen molar-refractivity contribution in [2.45, 2.75) is 38.7 Å². The first-order valence-corrected chi connectivity index (χ1v) is 6.51. The van der Waals surface area contributed by atoms with Gasteiger partial charge in [0, 0.05) is 18.0 Å². The van der Waals surface area contributed by atoms with Gasteiger partial charge in [0.2, 0.25) is 11.1 Å². The van der Waals surface area contributed by atoms with Gasteiger partial charge < -0.3 is 14.9 Å². The van der Waals surface area contributed by atoms with Gasteiger partial charge in [-0.15, -0.1) is 0 Å². The molecule has 1 aromatic rings. The Morgan fingerprint density at radius 2 is 2.39 bits per heavy atom. The van der Waals surface area contributed by atoms with Crippen LogP contribution in [0.4, 0.5) is 0 Å². The van der Waals surface area contributed by atoms with Gasteiger partial charge in [-0.05, 0) is 31.4 Å². The fourth-order valence-electron chi connectivity index (χ4n) is 2.28. The summed E-state index contributed by atoms with van der Waals surface area (Å²) in [4.78, 5) is 11.8. The van der Waals surface area contributed by atoms with E-state index in [1.165, 1.54) is 0 Å². The molecule has 1 aliphatic carbocycles. The Balaban J connectivity index is 1.82. The zero-order valence-corrected chi connectivity index (χ0v) is 11.0. The lowest BCUT2D eigenvalue weighted by Gasteiger charge is -2.14. The predicted molar refractivity (Wildman–Crippen MR) is 66.3 cm³/mol. The van der Waals surface area contributed by atoms with E-state index >= 15 is 0 Å². The van der Waals surface area contributed by atoms with Gasteiger partial charge in [0.15, 0.2) is 0 Å². The normalized spacial score (nSPS) is 23.3. The van der Waals surface area contributed by atoms with Gasteiger partial charge in [-0.3, -0.25) is 4.79 Å². The highest BCUT2D eigenvalue weighted by Gasteiger charge is 2.25. The largest absolute Gasteiger partial charge is 0.393 e. The lowest BCUT2D eigenvalue weighted by atomic mass is 10.1. The number of rotatable bonds is 4. The van der Waals surface area contributed by atoms with Crippen molar-refractivity contribution in [2.75, 3.05) is 6.54 Å². The Bertz CT molecular complexity index is 413. The monoisotopic (exact) mass is 272 g/mol. The van der Waals surface area contributed by atoms with Crippen molar-refractivity contribution in [2.24, 2.45) is 5.92 Å². The number of nitrogens with one attached hydrogen (secondary N) is 1. The average Bonchev–Trinajstić information content (AvgIpc) is 2.87. The number of hydrogen-bond donors (Lipinski definition) is 2. The van der Waals surface area contributed by atoms with Crippen LogP contribution in [0.1, 0.15) is 30.5 Å². The Kier molecular flexibility index (Phi) is 4.24. The first-order chi connectivity index (χ1) is 8.58. The van der Waals surface area contributed by atoms with E-state index in [0.717, 1.165) is 19.3 Å². The fraction of sp³-hybridized carbons (Fsp3) is 0.667. The van der Waals surface area contributed by atoms with Crippen LogP contribution >= 0.6 is 11.6 Å². The second kappa shape index (κ2) is 5.71. The summed E-state index contributed by atoms with van der Waals surface area (Å²) in [5.74, 6) is 0.0512. The molecule has 1 amide bonds. The molecule has 18 heavy (non-hydrogen) atoms. The number of aliphatic hydroxyl groups excluding tert-OH is 1. The second-order valence-electron chi connectivity index (χ2n) is 4.76. The second-order valence-corrected chi connectivity index (χ2v) is 5.10. The summed E-state index contributed by atoms with van der Waals surface area (Å²) in [6.07, 6.45) is 2.70. The van der Waals surface area contributed by atoms with E-state index in [2.05, 4.69) is 10.5 Å². The minimum absolute atomic E-state index is 0.123. The number of nitrogens with zero attached hydrogens (tertiary/aromatic N) is 1. The molecule has 0 radical (unpaired) electrons. The highest BCUT2D eigenvalue weighted by atomic mass is 35.5. The molecule has 6 heteroatoms. The van der Waals surface area contributed by atoms with Crippen LogP contribution in [0.15, 0.2) is 4.52 Å². The number of carbonyl (C=O) groups is 1. The summed E-state index contributed by atoms with van der Waals surface area (Å²) in [5, 5.41) is 16.3. The van der Waals surface area contributed by atoms with E-state index < -0.39 is 0 Å². The molecule has 1 saturated carbocycles. The molecule has 100 valence electrons. The number of amides is 1. The van der Waals surface area contributed by atoms with Crippen molar-refractivity contribution in [1.82, 2.24) is 10.5 Å². The van der Waals surface area contributed by atoms with E-state index in [-0.39, 0.29) is 29.6 Å². The molecule has 1 heterocycles. The third kappa shape index (κ3) is 3.03. The third-order valence-corrected chi connectivity index (χ3v) is 3.75. The van der Waals surface area contributed by atoms with Crippen LogP contribution in [-0.4, -0.2) is 28.8 Å². The molecule has 5 nitrogen and oxygen atoms in total. The number of aromatic nitrogens is 1. The standard InChI is InChI=1S/C12H17ClN2O3/c1-7-9(12(13)18-15-7)5-11(17)14-6-8-3-2-4-10(8)16/h8,10,16H,2-6H2,1H3,(H,14,17). The van der Waals surface area contributed by atoms with Gasteiger partial charge >= 0.3 is 0 Å².